The van der Waals surface area contributed by atoms with E-state index in [1.165, 1.54) is 0 Å². The van der Waals surface area contributed by atoms with Gasteiger partial charge < -0.3 is 5.32 Å². The lowest BCUT2D eigenvalue weighted by atomic mass is 9.81. The van der Waals surface area contributed by atoms with E-state index in [-0.39, 0.29) is 11.8 Å². The highest BCUT2D eigenvalue weighted by Gasteiger charge is 2.31. The van der Waals surface area contributed by atoms with Gasteiger partial charge in [-0.25, -0.2) is 9.37 Å². The van der Waals surface area contributed by atoms with Crippen LogP contribution in [0.2, 0.25) is 0 Å². The number of anilines is 1. The minimum Gasteiger partial charge on any atom is -0.310 e. The molecule has 1 saturated heterocycles. The van der Waals surface area contributed by atoms with Crippen LogP contribution in [0.1, 0.15) is 25.7 Å². The van der Waals surface area contributed by atoms with Crippen LogP contribution >= 0.6 is 0 Å². The molecule has 4 heterocycles. The number of carbonyl (C=O) groups excluding carboxylic acids is 1. The third-order valence-corrected chi connectivity index (χ3v) is 6.50. The maximum absolute atomic E-state index is 13.0. The molecule has 162 valence electrons. The molecule has 8 heteroatoms. The van der Waals surface area contributed by atoms with E-state index in [4.69, 9.17) is 0 Å². The Kier molecular flexibility index (Phi) is 5.40. The van der Waals surface area contributed by atoms with E-state index in [1.54, 1.807) is 17.1 Å². The van der Waals surface area contributed by atoms with Crippen LogP contribution in [0.4, 0.5) is 10.2 Å². The smallest absolute Gasteiger partial charge is 0.228 e. The van der Waals surface area contributed by atoms with Crippen molar-refractivity contribution in [2.75, 3.05) is 25.0 Å². The van der Waals surface area contributed by atoms with E-state index in [0.29, 0.717) is 24.8 Å². The van der Waals surface area contributed by atoms with Crippen LogP contribution in [0.5, 0.6) is 0 Å². The molecule has 2 aliphatic rings. The van der Waals surface area contributed by atoms with Gasteiger partial charge in [0.2, 0.25) is 5.91 Å². The van der Waals surface area contributed by atoms with E-state index in [9.17, 15) is 9.18 Å². The molecular formula is C23H27FN6O. The second-order valence-corrected chi connectivity index (χ2v) is 8.91. The standard InChI is InChI=1S/C23H27FN6O/c1-29-12-19(9-27-29)18-6-17-7-22(26-10-21(17)25-8-18)28-23(31)16-4-2-15(3-5-16)11-30-13-20(24)14-30/h6-10,12,15-16,20H,2-5,11,13-14H2,1H3,(H,26,28,31)/t15-,16-. The van der Waals surface area contributed by atoms with Gasteiger partial charge >= 0.3 is 0 Å². The number of halogens is 1. The molecule has 3 aromatic heterocycles. The Morgan fingerprint density at radius 3 is 2.61 bits per heavy atom. The van der Waals surface area contributed by atoms with Gasteiger partial charge in [0, 0.05) is 61.5 Å². The summed E-state index contributed by atoms with van der Waals surface area (Å²) in [5.74, 6) is 1.18. The molecule has 1 N–H and O–H groups in total. The van der Waals surface area contributed by atoms with Crippen molar-refractivity contribution in [3.63, 3.8) is 0 Å². The maximum Gasteiger partial charge on any atom is 0.228 e. The summed E-state index contributed by atoms with van der Waals surface area (Å²) in [5.41, 5.74) is 2.76. The van der Waals surface area contributed by atoms with Crippen LogP contribution in [0.15, 0.2) is 36.9 Å². The van der Waals surface area contributed by atoms with Crippen LogP contribution in [0.25, 0.3) is 22.0 Å². The minimum atomic E-state index is -0.646. The topological polar surface area (TPSA) is 75.9 Å². The fourth-order valence-corrected chi connectivity index (χ4v) is 4.68. The molecule has 1 aliphatic carbocycles. The number of carbonyl (C=O) groups is 1. The highest BCUT2D eigenvalue weighted by molar-refractivity contribution is 5.94. The van der Waals surface area contributed by atoms with Crippen LogP contribution < -0.4 is 5.32 Å². The van der Waals surface area contributed by atoms with Gasteiger partial charge in [-0.15, -0.1) is 0 Å². The van der Waals surface area contributed by atoms with E-state index in [2.05, 4.69) is 25.3 Å². The first kappa shape index (κ1) is 20.1. The lowest BCUT2D eigenvalue weighted by Gasteiger charge is -2.38. The first-order valence-electron chi connectivity index (χ1n) is 11.0. The van der Waals surface area contributed by atoms with Gasteiger partial charge in [0.1, 0.15) is 12.0 Å². The lowest BCUT2D eigenvalue weighted by molar-refractivity contribution is -0.121. The number of alkyl halides is 1. The molecule has 3 aromatic rings. The quantitative estimate of drug-likeness (QED) is 0.682. The molecule has 0 unspecified atom stereocenters. The first-order valence-corrected chi connectivity index (χ1v) is 11.0. The highest BCUT2D eigenvalue weighted by Crippen LogP contribution is 2.31. The summed E-state index contributed by atoms with van der Waals surface area (Å²) >= 11 is 0. The van der Waals surface area contributed by atoms with Crippen LogP contribution in [-0.2, 0) is 11.8 Å². The van der Waals surface area contributed by atoms with Crippen molar-refractivity contribution in [1.82, 2.24) is 24.6 Å². The maximum atomic E-state index is 13.0. The monoisotopic (exact) mass is 422 g/mol. The predicted molar refractivity (Wildman–Crippen MR) is 117 cm³/mol. The fourth-order valence-electron chi connectivity index (χ4n) is 4.68. The molecule has 31 heavy (non-hydrogen) atoms. The average molecular weight is 423 g/mol. The zero-order valence-corrected chi connectivity index (χ0v) is 17.7. The number of hydrogen-bond donors (Lipinski definition) is 1. The summed E-state index contributed by atoms with van der Waals surface area (Å²) in [6.45, 7) is 2.12. The van der Waals surface area contributed by atoms with Gasteiger partial charge in [0.25, 0.3) is 0 Å². The van der Waals surface area contributed by atoms with Crippen LogP contribution in [0.3, 0.4) is 0 Å². The van der Waals surface area contributed by atoms with Gasteiger partial charge in [-0.05, 0) is 43.7 Å². The summed E-state index contributed by atoms with van der Waals surface area (Å²) in [6.07, 6.45) is 10.4. The number of rotatable bonds is 5. The number of fused-ring (bicyclic) bond motifs is 1. The number of nitrogens with one attached hydrogen (secondary N) is 1. The SMILES string of the molecule is Cn1cc(-c2cnc3cnc(NC(=O)[C@H]4CC[C@H](CN5CC(F)C5)CC4)cc3c2)cn1. The van der Waals surface area contributed by atoms with Gasteiger partial charge in [-0.2, -0.15) is 5.10 Å². The summed E-state index contributed by atoms with van der Waals surface area (Å²) in [6, 6.07) is 3.92. The number of pyridine rings is 2. The average Bonchev–Trinajstić information content (AvgIpc) is 3.19. The third kappa shape index (κ3) is 4.44. The summed E-state index contributed by atoms with van der Waals surface area (Å²) in [4.78, 5) is 23.8. The number of aryl methyl sites for hydroxylation is 1. The van der Waals surface area contributed by atoms with Crippen molar-refractivity contribution in [3.05, 3.63) is 36.9 Å². The zero-order valence-electron chi connectivity index (χ0n) is 17.7. The number of likely N-dealkylation sites (tertiary alicyclic amines) is 1. The van der Waals surface area contributed by atoms with Crippen molar-refractivity contribution >= 4 is 22.6 Å². The molecule has 0 spiro atoms. The second-order valence-electron chi connectivity index (χ2n) is 8.91. The van der Waals surface area contributed by atoms with Crippen molar-refractivity contribution in [2.24, 2.45) is 18.9 Å². The number of hydrogen-bond acceptors (Lipinski definition) is 5. The Morgan fingerprint density at radius 1 is 1.10 bits per heavy atom. The van der Waals surface area contributed by atoms with Crippen molar-refractivity contribution in [1.29, 1.82) is 0 Å². The molecule has 2 fully saturated rings. The molecule has 1 saturated carbocycles. The molecule has 0 radical (unpaired) electrons. The molecular weight excluding hydrogens is 395 g/mol. The summed E-state index contributed by atoms with van der Waals surface area (Å²) in [7, 11) is 1.88. The Morgan fingerprint density at radius 2 is 1.90 bits per heavy atom. The molecule has 0 bridgehead atoms. The van der Waals surface area contributed by atoms with Crippen molar-refractivity contribution < 1.29 is 9.18 Å². The number of amides is 1. The van der Waals surface area contributed by atoms with Crippen molar-refractivity contribution in [3.8, 4) is 11.1 Å². The van der Waals surface area contributed by atoms with E-state index in [1.807, 2.05) is 31.6 Å². The van der Waals surface area contributed by atoms with E-state index >= 15 is 0 Å². The van der Waals surface area contributed by atoms with Gasteiger partial charge in [0.15, 0.2) is 0 Å². The number of nitrogens with zero attached hydrogens (tertiary/aromatic N) is 5. The Hall–Kier alpha value is -2.87. The summed E-state index contributed by atoms with van der Waals surface area (Å²) in [5, 5.41) is 8.14. The second kappa shape index (κ2) is 8.34. The van der Waals surface area contributed by atoms with Gasteiger partial charge in [-0.1, -0.05) is 0 Å². The Balaban J connectivity index is 1.21. The molecule has 0 atom stereocenters. The molecule has 7 nitrogen and oxygen atoms in total. The zero-order chi connectivity index (χ0) is 21.4. The van der Waals surface area contributed by atoms with Gasteiger partial charge in [-0.3, -0.25) is 19.4 Å². The predicted octanol–water partition coefficient (Wildman–Crippen LogP) is 3.43. The molecule has 1 aliphatic heterocycles. The van der Waals surface area contributed by atoms with Crippen LogP contribution in [-0.4, -0.2) is 56.4 Å². The molecule has 0 aromatic carbocycles. The van der Waals surface area contributed by atoms with E-state index in [0.717, 1.165) is 54.3 Å². The molecule has 1 amide bonds. The highest BCUT2D eigenvalue weighted by atomic mass is 19.1. The number of aromatic nitrogens is 4. The minimum absolute atomic E-state index is 0.0129. The fraction of sp³-hybridized carbons (Fsp3) is 0.478. The Bertz CT molecular complexity index is 1080. The van der Waals surface area contributed by atoms with Crippen molar-refractivity contribution in [2.45, 2.75) is 31.9 Å². The first-order chi connectivity index (χ1) is 15.0. The lowest BCUT2D eigenvalue weighted by Crippen LogP contribution is -2.50. The normalized spacial score (nSPS) is 22.4. The van der Waals surface area contributed by atoms with Gasteiger partial charge in [0.05, 0.1) is 17.9 Å². The summed E-state index contributed by atoms with van der Waals surface area (Å²) < 4.78 is 14.8. The van der Waals surface area contributed by atoms with Crippen LogP contribution in [0, 0.1) is 11.8 Å². The molecule has 5 rings (SSSR count). The Labute approximate surface area is 180 Å². The third-order valence-electron chi connectivity index (χ3n) is 6.50. The van der Waals surface area contributed by atoms with E-state index < -0.39 is 6.17 Å². The largest absolute Gasteiger partial charge is 0.310 e.